The van der Waals surface area contributed by atoms with E-state index >= 15 is 0 Å². The number of para-hydroxylation sites is 2. The van der Waals surface area contributed by atoms with Crippen LogP contribution in [0.2, 0.25) is 0 Å². The van der Waals surface area contributed by atoms with Crippen LogP contribution >= 0.6 is 0 Å². The number of allylic oxidation sites excluding steroid dienone is 2. The Balaban J connectivity index is 1.79. The highest BCUT2D eigenvalue weighted by Gasteiger charge is 2.37. The molecule has 1 atom stereocenters. The minimum absolute atomic E-state index is 0.311. The van der Waals surface area contributed by atoms with Crippen molar-refractivity contribution in [3.63, 3.8) is 0 Å². The Morgan fingerprint density at radius 1 is 0.704 bits per heavy atom. The second-order valence-corrected chi connectivity index (χ2v) is 6.97. The van der Waals surface area contributed by atoms with E-state index in [4.69, 9.17) is 9.98 Å². The Labute approximate surface area is 160 Å². The molecule has 0 fully saturated rings. The molecule has 2 heteroatoms. The molecule has 0 aromatic heterocycles. The van der Waals surface area contributed by atoms with Gasteiger partial charge in [-0.3, -0.25) is 9.98 Å². The van der Waals surface area contributed by atoms with E-state index in [0.717, 1.165) is 11.4 Å². The maximum absolute atomic E-state index is 4.78. The second-order valence-electron chi connectivity index (χ2n) is 6.97. The monoisotopic (exact) mass is 350 g/mol. The van der Waals surface area contributed by atoms with E-state index in [1.54, 1.807) is 0 Å². The molecule has 3 aromatic carbocycles. The summed E-state index contributed by atoms with van der Waals surface area (Å²) in [6.07, 6.45) is 4.06. The zero-order valence-corrected chi connectivity index (χ0v) is 15.6. The predicted octanol–water partition coefficient (Wildman–Crippen LogP) is 6.54. The molecule has 1 aliphatic carbocycles. The molecule has 0 radical (unpaired) electrons. The van der Waals surface area contributed by atoms with Crippen LogP contribution in [0, 0.1) is 0 Å². The summed E-state index contributed by atoms with van der Waals surface area (Å²) < 4.78 is 0. The lowest BCUT2D eigenvalue weighted by atomic mass is 9.80. The van der Waals surface area contributed by atoms with Crippen molar-refractivity contribution >= 4 is 29.4 Å². The number of aliphatic imine (C=N–C) groups is 2. The Hall–Kier alpha value is -3.26. The Bertz CT molecular complexity index is 1030. The number of fused-ring (bicyclic) bond motifs is 1. The molecule has 1 aliphatic rings. The van der Waals surface area contributed by atoms with Gasteiger partial charge in [-0.25, -0.2) is 0 Å². The largest absolute Gasteiger partial charge is 0.260 e. The summed E-state index contributed by atoms with van der Waals surface area (Å²) in [5, 5.41) is 0. The average molecular weight is 350 g/mol. The lowest BCUT2D eigenvalue weighted by Crippen LogP contribution is -2.25. The summed E-state index contributed by atoms with van der Waals surface area (Å²) >= 11 is 0. The molecular weight excluding hydrogens is 328 g/mol. The van der Waals surface area contributed by atoms with Gasteiger partial charge in [-0.15, -0.1) is 0 Å². The maximum Gasteiger partial charge on any atom is 0.0629 e. The minimum Gasteiger partial charge on any atom is -0.260 e. The average Bonchev–Trinajstić information content (AvgIpc) is 2.94. The summed E-state index contributed by atoms with van der Waals surface area (Å²) in [5.41, 5.74) is 6.59. The highest BCUT2D eigenvalue weighted by atomic mass is 14.8. The highest BCUT2D eigenvalue weighted by Crippen LogP contribution is 2.44. The van der Waals surface area contributed by atoms with Crippen LogP contribution in [0.5, 0.6) is 0 Å². The van der Waals surface area contributed by atoms with Gasteiger partial charge in [0.25, 0.3) is 0 Å². The number of benzene rings is 3. The van der Waals surface area contributed by atoms with Crippen molar-refractivity contribution in [2.45, 2.75) is 19.3 Å². The van der Waals surface area contributed by atoms with Crippen LogP contribution in [0.4, 0.5) is 11.4 Å². The first kappa shape index (κ1) is 17.2. The third kappa shape index (κ3) is 3.26. The SMILES string of the molecule is CC1=C(C=Nc2ccccc2)C(C)(C=Nc2ccccc2)c2ccccc21. The van der Waals surface area contributed by atoms with E-state index in [1.807, 2.05) is 66.9 Å². The van der Waals surface area contributed by atoms with Crippen molar-refractivity contribution in [3.05, 3.63) is 102 Å². The maximum atomic E-state index is 4.78. The number of hydrogen-bond acceptors (Lipinski definition) is 2. The first-order chi connectivity index (χ1) is 13.2. The normalized spacial score (nSPS) is 19.2. The van der Waals surface area contributed by atoms with Crippen molar-refractivity contribution in [2.24, 2.45) is 9.98 Å². The molecule has 0 amide bonds. The van der Waals surface area contributed by atoms with Gasteiger partial charge in [-0.2, -0.15) is 0 Å². The molecule has 0 aliphatic heterocycles. The van der Waals surface area contributed by atoms with Crippen molar-refractivity contribution in [1.82, 2.24) is 0 Å². The highest BCUT2D eigenvalue weighted by molar-refractivity contribution is 6.06. The summed E-state index contributed by atoms with van der Waals surface area (Å²) in [6.45, 7) is 4.40. The van der Waals surface area contributed by atoms with E-state index in [-0.39, 0.29) is 5.41 Å². The first-order valence-electron chi connectivity index (χ1n) is 9.19. The molecule has 0 bridgehead atoms. The first-order valence-corrected chi connectivity index (χ1v) is 9.19. The Morgan fingerprint density at radius 3 is 1.93 bits per heavy atom. The predicted molar refractivity (Wildman–Crippen MR) is 116 cm³/mol. The summed E-state index contributed by atoms with van der Waals surface area (Å²) in [7, 11) is 0. The van der Waals surface area contributed by atoms with Crippen LogP contribution in [-0.2, 0) is 5.41 Å². The molecule has 0 saturated carbocycles. The summed E-state index contributed by atoms with van der Waals surface area (Å²) in [4.78, 5) is 9.51. The van der Waals surface area contributed by atoms with Gasteiger partial charge in [0.1, 0.15) is 0 Å². The van der Waals surface area contributed by atoms with Gasteiger partial charge in [0.2, 0.25) is 0 Å². The topological polar surface area (TPSA) is 24.7 Å². The number of rotatable bonds is 4. The van der Waals surface area contributed by atoms with Gasteiger partial charge in [-0.05, 0) is 60.4 Å². The molecule has 4 rings (SSSR count). The van der Waals surface area contributed by atoms with Crippen molar-refractivity contribution in [3.8, 4) is 0 Å². The quantitative estimate of drug-likeness (QED) is 0.478. The van der Waals surface area contributed by atoms with Crippen LogP contribution in [0.15, 0.2) is 100 Å². The van der Waals surface area contributed by atoms with E-state index in [9.17, 15) is 0 Å². The molecule has 1 unspecified atom stereocenters. The van der Waals surface area contributed by atoms with E-state index in [1.165, 1.54) is 22.3 Å². The molecule has 132 valence electrons. The summed E-state index contributed by atoms with van der Waals surface area (Å²) in [5.74, 6) is 0. The van der Waals surface area contributed by atoms with Crippen molar-refractivity contribution < 1.29 is 0 Å². The number of hydrogen-bond donors (Lipinski definition) is 0. The lowest BCUT2D eigenvalue weighted by Gasteiger charge is -2.23. The molecule has 0 N–H and O–H groups in total. The molecule has 0 spiro atoms. The van der Waals surface area contributed by atoms with Crippen LogP contribution < -0.4 is 0 Å². The number of nitrogens with zero attached hydrogens (tertiary/aromatic N) is 2. The van der Waals surface area contributed by atoms with Crippen LogP contribution in [-0.4, -0.2) is 12.4 Å². The van der Waals surface area contributed by atoms with E-state index < -0.39 is 0 Å². The van der Waals surface area contributed by atoms with Crippen LogP contribution in [0.25, 0.3) is 5.57 Å². The molecule has 3 aromatic rings. The second kappa shape index (κ2) is 7.16. The fraction of sp³-hybridized carbons (Fsp3) is 0.120. The zero-order valence-electron chi connectivity index (χ0n) is 15.6. The third-order valence-corrected chi connectivity index (χ3v) is 5.18. The molecule has 2 nitrogen and oxygen atoms in total. The summed E-state index contributed by atoms with van der Waals surface area (Å²) in [6, 6.07) is 28.7. The van der Waals surface area contributed by atoms with Gasteiger partial charge in [0.05, 0.1) is 16.8 Å². The standard InChI is InChI=1S/C25H22N2/c1-19-22-15-9-10-16-23(22)25(2,18-27-21-13-7-4-8-14-21)24(19)17-26-20-11-5-3-6-12-20/h3-18H,1-2H3. The fourth-order valence-corrected chi connectivity index (χ4v) is 3.68. The third-order valence-electron chi connectivity index (χ3n) is 5.18. The van der Waals surface area contributed by atoms with Crippen molar-refractivity contribution in [1.29, 1.82) is 0 Å². The smallest absolute Gasteiger partial charge is 0.0629 e. The Kier molecular flexibility index (Phi) is 4.55. The van der Waals surface area contributed by atoms with Gasteiger partial charge >= 0.3 is 0 Å². The van der Waals surface area contributed by atoms with Crippen molar-refractivity contribution in [2.75, 3.05) is 0 Å². The Morgan fingerprint density at radius 2 is 1.26 bits per heavy atom. The molecule has 27 heavy (non-hydrogen) atoms. The fourth-order valence-electron chi connectivity index (χ4n) is 3.68. The minimum atomic E-state index is -0.311. The van der Waals surface area contributed by atoms with Gasteiger partial charge in [0, 0.05) is 12.4 Å². The molecule has 0 heterocycles. The van der Waals surface area contributed by atoms with E-state index in [2.05, 4.69) is 44.3 Å². The van der Waals surface area contributed by atoms with Gasteiger partial charge in [-0.1, -0.05) is 60.7 Å². The van der Waals surface area contributed by atoms with E-state index in [0.29, 0.717) is 0 Å². The molecule has 0 saturated heterocycles. The van der Waals surface area contributed by atoms with Crippen LogP contribution in [0.1, 0.15) is 25.0 Å². The van der Waals surface area contributed by atoms with Gasteiger partial charge in [0.15, 0.2) is 0 Å². The van der Waals surface area contributed by atoms with Crippen LogP contribution in [0.3, 0.4) is 0 Å². The zero-order chi connectivity index (χ0) is 18.7. The van der Waals surface area contributed by atoms with Gasteiger partial charge < -0.3 is 0 Å². The molecular formula is C25H22N2. The lowest BCUT2D eigenvalue weighted by molar-refractivity contribution is 0.823.